The van der Waals surface area contributed by atoms with Gasteiger partial charge >= 0.3 is 0 Å². The fraction of sp³-hybridized carbons (Fsp3) is 0.391. The average molecular weight is 536 g/mol. The Balaban J connectivity index is 0.00000272. The van der Waals surface area contributed by atoms with Crippen LogP contribution >= 0.6 is 24.0 Å². The van der Waals surface area contributed by atoms with Gasteiger partial charge in [0, 0.05) is 49.5 Å². The van der Waals surface area contributed by atoms with Crippen LogP contribution in [0.5, 0.6) is 0 Å². The molecule has 3 aromatic rings. The van der Waals surface area contributed by atoms with Crippen LogP contribution in [0.3, 0.4) is 0 Å². The Morgan fingerprint density at radius 2 is 2.03 bits per heavy atom. The Morgan fingerprint density at radius 3 is 2.84 bits per heavy atom. The van der Waals surface area contributed by atoms with Crippen LogP contribution < -0.4 is 15.5 Å². The van der Waals surface area contributed by atoms with E-state index in [2.05, 4.69) is 38.5 Å². The van der Waals surface area contributed by atoms with E-state index in [9.17, 15) is 4.39 Å². The third-order valence-corrected chi connectivity index (χ3v) is 5.42. The summed E-state index contributed by atoms with van der Waals surface area (Å²) in [4.78, 5) is 14.7. The van der Waals surface area contributed by atoms with Crippen LogP contribution in [0, 0.1) is 5.82 Å². The number of H-pyrrole nitrogens is 1. The molecule has 166 valence electrons. The fourth-order valence-electron chi connectivity index (χ4n) is 3.87. The summed E-state index contributed by atoms with van der Waals surface area (Å²) in [6.45, 7) is 6.38. The molecule has 0 aliphatic carbocycles. The lowest BCUT2D eigenvalue weighted by atomic mass is 10.1. The Kier molecular flexibility index (Phi) is 8.51. The zero-order valence-electron chi connectivity index (χ0n) is 17.8. The van der Waals surface area contributed by atoms with Gasteiger partial charge in [-0.1, -0.05) is 0 Å². The third-order valence-electron chi connectivity index (χ3n) is 5.42. The summed E-state index contributed by atoms with van der Waals surface area (Å²) in [6.07, 6.45) is 7.13. The van der Waals surface area contributed by atoms with E-state index in [0.29, 0.717) is 6.54 Å². The van der Waals surface area contributed by atoms with Crippen molar-refractivity contribution in [2.75, 3.05) is 31.1 Å². The molecule has 1 saturated heterocycles. The molecule has 0 unspecified atom stereocenters. The first-order chi connectivity index (χ1) is 14.7. The molecule has 1 aliphatic rings. The summed E-state index contributed by atoms with van der Waals surface area (Å²) in [6, 6.07) is 9.03. The number of guanidine groups is 1. The molecule has 0 spiro atoms. The number of nitrogens with one attached hydrogen (secondary N) is 3. The van der Waals surface area contributed by atoms with Crippen molar-refractivity contribution in [3.63, 3.8) is 0 Å². The summed E-state index contributed by atoms with van der Waals surface area (Å²) in [7, 11) is 0. The average Bonchev–Trinajstić information content (AvgIpc) is 3.42. The van der Waals surface area contributed by atoms with Crippen molar-refractivity contribution in [3.8, 4) is 0 Å². The minimum Gasteiger partial charge on any atom is -0.361 e. The molecule has 1 fully saturated rings. The van der Waals surface area contributed by atoms with Gasteiger partial charge in [-0.15, -0.1) is 24.0 Å². The molecular weight excluding hydrogens is 506 g/mol. The standard InChI is InChI=1S/C23H29FN6.HI/c1-2-25-23(27-10-8-18-16-28-21-14-19(24)5-6-20(18)21)29-15-17-7-9-26-22(13-17)30-11-3-4-12-30;/h5-7,9,13-14,16,28H,2-4,8,10-12,15H2,1H3,(H2,25,27,29);1H. The number of aromatic nitrogens is 2. The summed E-state index contributed by atoms with van der Waals surface area (Å²) in [5, 5.41) is 7.76. The van der Waals surface area contributed by atoms with Gasteiger partial charge in [0.15, 0.2) is 5.96 Å². The fourth-order valence-corrected chi connectivity index (χ4v) is 3.87. The Morgan fingerprint density at radius 1 is 1.19 bits per heavy atom. The van der Waals surface area contributed by atoms with E-state index < -0.39 is 0 Å². The first-order valence-electron chi connectivity index (χ1n) is 10.7. The van der Waals surface area contributed by atoms with Gasteiger partial charge in [0.1, 0.15) is 11.6 Å². The van der Waals surface area contributed by atoms with Crippen molar-refractivity contribution in [2.45, 2.75) is 32.7 Å². The molecule has 3 heterocycles. The third kappa shape index (κ3) is 6.09. The molecule has 1 aromatic carbocycles. The van der Waals surface area contributed by atoms with Crippen molar-refractivity contribution in [2.24, 2.45) is 4.99 Å². The van der Waals surface area contributed by atoms with E-state index in [1.54, 1.807) is 0 Å². The number of fused-ring (bicyclic) bond motifs is 1. The van der Waals surface area contributed by atoms with Gasteiger partial charge in [-0.25, -0.2) is 14.4 Å². The Bertz CT molecular complexity index is 1010. The predicted molar refractivity (Wildman–Crippen MR) is 136 cm³/mol. The maximum absolute atomic E-state index is 13.4. The number of pyridine rings is 1. The molecule has 0 atom stereocenters. The normalized spacial score (nSPS) is 14.0. The lowest BCUT2D eigenvalue weighted by Gasteiger charge is -2.16. The summed E-state index contributed by atoms with van der Waals surface area (Å²) >= 11 is 0. The van der Waals surface area contributed by atoms with Crippen LogP contribution in [0.15, 0.2) is 47.7 Å². The van der Waals surface area contributed by atoms with Crippen LogP contribution in [0.1, 0.15) is 30.9 Å². The van der Waals surface area contributed by atoms with Gasteiger partial charge in [0.25, 0.3) is 0 Å². The van der Waals surface area contributed by atoms with Gasteiger partial charge in [-0.2, -0.15) is 0 Å². The zero-order valence-corrected chi connectivity index (χ0v) is 20.2. The summed E-state index contributed by atoms with van der Waals surface area (Å²) in [5.41, 5.74) is 3.15. The number of halogens is 2. The van der Waals surface area contributed by atoms with Crippen LogP contribution in [0.25, 0.3) is 10.9 Å². The number of rotatable bonds is 7. The molecule has 2 aromatic heterocycles. The molecule has 3 N–H and O–H groups in total. The molecule has 0 amide bonds. The Labute approximate surface area is 199 Å². The van der Waals surface area contributed by atoms with E-state index in [-0.39, 0.29) is 29.8 Å². The first-order valence-corrected chi connectivity index (χ1v) is 10.7. The molecule has 1 aliphatic heterocycles. The smallest absolute Gasteiger partial charge is 0.191 e. The van der Waals surface area contributed by atoms with E-state index in [4.69, 9.17) is 4.99 Å². The quantitative estimate of drug-likeness (QED) is 0.241. The van der Waals surface area contributed by atoms with Crippen LogP contribution in [-0.2, 0) is 13.0 Å². The molecule has 0 bridgehead atoms. The number of aromatic amines is 1. The minimum atomic E-state index is -0.223. The highest BCUT2D eigenvalue weighted by Crippen LogP contribution is 2.20. The van der Waals surface area contributed by atoms with Crippen molar-refractivity contribution in [1.82, 2.24) is 20.6 Å². The Hall–Kier alpha value is -2.36. The number of aliphatic imine (C=N–C) groups is 1. The van der Waals surface area contributed by atoms with Crippen molar-refractivity contribution in [3.05, 3.63) is 59.7 Å². The van der Waals surface area contributed by atoms with E-state index in [1.165, 1.54) is 25.0 Å². The molecule has 0 saturated carbocycles. The van der Waals surface area contributed by atoms with Gasteiger partial charge in [0.2, 0.25) is 0 Å². The number of hydrogen-bond donors (Lipinski definition) is 3. The number of benzene rings is 1. The maximum Gasteiger partial charge on any atom is 0.191 e. The van der Waals surface area contributed by atoms with Crippen molar-refractivity contribution >= 4 is 46.7 Å². The van der Waals surface area contributed by atoms with Gasteiger partial charge in [0.05, 0.1) is 6.54 Å². The molecule has 0 radical (unpaired) electrons. The van der Waals surface area contributed by atoms with Gasteiger partial charge in [-0.3, -0.25) is 0 Å². The van der Waals surface area contributed by atoms with Crippen LogP contribution in [0.2, 0.25) is 0 Å². The number of hydrogen-bond acceptors (Lipinski definition) is 3. The monoisotopic (exact) mass is 536 g/mol. The molecule has 4 rings (SSSR count). The summed E-state index contributed by atoms with van der Waals surface area (Å²) in [5.74, 6) is 1.62. The minimum absolute atomic E-state index is 0. The number of anilines is 1. The molecule has 8 heteroatoms. The maximum atomic E-state index is 13.4. The topological polar surface area (TPSA) is 68.3 Å². The SMILES string of the molecule is CCNC(=NCc1ccnc(N2CCCC2)c1)NCCc1c[nH]c2cc(F)ccc12.I. The highest BCUT2D eigenvalue weighted by Gasteiger charge is 2.13. The molecular formula is C23H30FIN6. The van der Waals surface area contributed by atoms with Crippen molar-refractivity contribution < 1.29 is 4.39 Å². The van der Waals surface area contributed by atoms with E-state index in [1.807, 2.05) is 24.5 Å². The van der Waals surface area contributed by atoms with Gasteiger partial charge in [-0.05, 0) is 67.6 Å². The molecule has 31 heavy (non-hydrogen) atoms. The van der Waals surface area contributed by atoms with Crippen LogP contribution in [0.4, 0.5) is 10.2 Å². The lowest BCUT2D eigenvalue weighted by Crippen LogP contribution is -2.38. The predicted octanol–water partition coefficient (Wildman–Crippen LogP) is 4.22. The van der Waals surface area contributed by atoms with Crippen LogP contribution in [-0.4, -0.2) is 42.1 Å². The second-order valence-electron chi connectivity index (χ2n) is 7.59. The first kappa shape index (κ1) is 23.3. The largest absolute Gasteiger partial charge is 0.361 e. The second-order valence-corrected chi connectivity index (χ2v) is 7.59. The highest BCUT2D eigenvalue weighted by atomic mass is 127. The van der Waals surface area contributed by atoms with E-state index in [0.717, 1.165) is 66.4 Å². The lowest BCUT2D eigenvalue weighted by molar-refractivity contribution is 0.629. The zero-order chi connectivity index (χ0) is 20.8. The summed E-state index contributed by atoms with van der Waals surface area (Å²) < 4.78 is 13.4. The van der Waals surface area contributed by atoms with Gasteiger partial charge < -0.3 is 20.5 Å². The highest BCUT2D eigenvalue weighted by molar-refractivity contribution is 14.0. The number of nitrogens with zero attached hydrogens (tertiary/aromatic N) is 3. The second kappa shape index (κ2) is 11.3. The molecule has 6 nitrogen and oxygen atoms in total. The van der Waals surface area contributed by atoms with E-state index >= 15 is 0 Å². The van der Waals surface area contributed by atoms with Crippen molar-refractivity contribution in [1.29, 1.82) is 0 Å².